The monoisotopic (exact) mass is 435 g/mol. The van der Waals surface area contributed by atoms with Crippen LogP contribution >= 0.6 is 0 Å². The van der Waals surface area contributed by atoms with E-state index in [1.165, 1.54) is 5.56 Å². The molecule has 0 spiro atoms. The first kappa shape index (κ1) is 20.5. The Morgan fingerprint density at radius 2 is 1.70 bits per heavy atom. The summed E-state index contributed by atoms with van der Waals surface area (Å²) in [5.74, 6) is -0.245. The zero-order valence-electron chi connectivity index (χ0n) is 18.0. The highest BCUT2D eigenvalue weighted by molar-refractivity contribution is 5.98. The van der Waals surface area contributed by atoms with Gasteiger partial charge in [-0.05, 0) is 48.0 Å². The summed E-state index contributed by atoms with van der Waals surface area (Å²) in [4.78, 5) is 32.6. The van der Waals surface area contributed by atoms with Crippen molar-refractivity contribution in [1.29, 1.82) is 0 Å². The number of H-pyrrole nitrogens is 1. The van der Waals surface area contributed by atoms with Crippen molar-refractivity contribution in [1.82, 2.24) is 9.97 Å². The number of aryl methyl sites for hydroxylation is 1. The van der Waals surface area contributed by atoms with Gasteiger partial charge < -0.3 is 15.0 Å². The summed E-state index contributed by atoms with van der Waals surface area (Å²) in [5.41, 5.74) is 4.60. The smallest absolute Gasteiger partial charge is 0.338 e. The van der Waals surface area contributed by atoms with Crippen molar-refractivity contribution in [2.75, 3.05) is 11.9 Å². The minimum atomic E-state index is -0.572. The Balaban J connectivity index is 1.24. The Morgan fingerprint density at radius 1 is 0.909 bits per heavy atom. The molecule has 1 amide bonds. The highest BCUT2D eigenvalue weighted by Gasteiger charge is 2.13. The molecule has 1 heterocycles. The maximum absolute atomic E-state index is 12.5. The zero-order chi connectivity index (χ0) is 22.8. The molecule has 0 saturated heterocycles. The van der Waals surface area contributed by atoms with Gasteiger partial charge in [0.25, 0.3) is 5.91 Å². The molecule has 1 aromatic heterocycles. The predicted molar refractivity (Wildman–Crippen MR) is 129 cm³/mol. The van der Waals surface area contributed by atoms with Gasteiger partial charge in [-0.1, -0.05) is 60.2 Å². The number of aromatic amines is 1. The highest BCUT2D eigenvalue weighted by Crippen LogP contribution is 2.22. The van der Waals surface area contributed by atoms with Crippen LogP contribution in [0.1, 0.15) is 15.9 Å². The molecular weight excluding hydrogens is 414 g/mol. The number of rotatable bonds is 5. The van der Waals surface area contributed by atoms with Crippen LogP contribution in [-0.2, 0) is 9.53 Å². The normalized spacial score (nSPS) is 10.9. The number of ether oxygens (including phenoxy) is 1. The van der Waals surface area contributed by atoms with Crippen molar-refractivity contribution in [3.63, 3.8) is 0 Å². The molecular formula is C27H21N3O3. The van der Waals surface area contributed by atoms with Gasteiger partial charge >= 0.3 is 5.97 Å². The minimum absolute atomic E-state index is 0.347. The van der Waals surface area contributed by atoms with Crippen molar-refractivity contribution in [3.05, 3.63) is 96.1 Å². The van der Waals surface area contributed by atoms with Crippen LogP contribution in [0.2, 0.25) is 0 Å². The van der Waals surface area contributed by atoms with E-state index in [2.05, 4.69) is 15.3 Å². The third-order valence-corrected chi connectivity index (χ3v) is 5.41. The quantitative estimate of drug-likeness (QED) is 0.358. The lowest BCUT2D eigenvalue weighted by molar-refractivity contribution is -0.119. The van der Waals surface area contributed by atoms with Crippen molar-refractivity contribution in [2.24, 2.45) is 0 Å². The molecule has 0 fully saturated rings. The van der Waals surface area contributed by atoms with Crippen LogP contribution in [0.15, 0.2) is 84.9 Å². The first-order valence-electron chi connectivity index (χ1n) is 10.6. The number of carbonyl (C=O) groups is 2. The fourth-order valence-corrected chi connectivity index (χ4v) is 3.66. The van der Waals surface area contributed by atoms with Crippen molar-refractivity contribution in [3.8, 4) is 11.4 Å². The Kier molecular flexibility index (Phi) is 5.32. The molecule has 33 heavy (non-hydrogen) atoms. The van der Waals surface area contributed by atoms with Crippen molar-refractivity contribution < 1.29 is 14.3 Å². The van der Waals surface area contributed by atoms with Gasteiger partial charge in [-0.15, -0.1) is 0 Å². The lowest BCUT2D eigenvalue weighted by Crippen LogP contribution is -2.20. The first-order chi connectivity index (χ1) is 16.0. The topological polar surface area (TPSA) is 84.1 Å². The number of nitrogens with zero attached hydrogens (tertiary/aromatic N) is 1. The van der Waals surface area contributed by atoms with Crippen LogP contribution in [0.25, 0.3) is 33.2 Å². The van der Waals surface area contributed by atoms with Crippen LogP contribution in [0.5, 0.6) is 0 Å². The van der Waals surface area contributed by atoms with Gasteiger partial charge in [-0.2, -0.15) is 0 Å². The van der Waals surface area contributed by atoms with E-state index in [4.69, 9.17) is 4.74 Å². The number of esters is 1. The molecule has 6 heteroatoms. The average Bonchev–Trinajstić information content (AvgIpc) is 3.26. The van der Waals surface area contributed by atoms with E-state index in [9.17, 15) is 9.59 Å². The van der Waals surface area contributed by atoms with E-state index in [1.807, 2.05) is 73.7 Å². The molecule has 0 aliphatic carbocycles. The SMILES string of the molecule is Cc1ccc(-c2nc3ccc(C(=O)OCC(=O)Nc4ccc5ccccc5c4)cc3[nH]2)cc1. The standard InChI is InChI=1S/C27H21N3O3/c1-17-6-8-19(9-7-17)26-29-23-13-11-21(15-24(23)30-26)27(32)33-16-25(31)28-22-12-10-18-4-2-3-5-20(18)14-22/h2-15H,16H2,1H3,(H,28,31)(H,29,30). The highest BCUT2D eigenvalue weighted by atomic mass is 16.5. The van der Waals surface area contributed by atoms with Gasteiger partial charge in [0, 0.05) is 11.3 Å². The van der Waals surface area contributed by atoms with Crippen molar-refractivity contribution >= 4 is 39.4 Å². The number of imidazole rings is 1. The summed E-state index contributed by atoms with van der Waals surface area (Å²) in [6.45, 7) is 1.66. The summed E-state index contributed by atoms with van der Waals surface area (Å²) in [7, 11) is 0. The fourth-order valence-electron chi connectivity index (χ4n) is 3.66. The number of hydrogen-bond acceptors (Lipinski definition) is 4. The van der Waals surface area contributed by atoms with E-state index >= 15 is 0 Å². The molecule has 6 nitrogen and oxygen atoms in total. The maximum atomic E-state index is 12.5. The summed E-state index contributed by atoms with van der Waals surface area (Å²) >= 11 is 0. The number of hydrogen-bond donors (Lipinski definition) is 2. The summed E-state index contributed by atoms with van der Waals surface area (Å²) < 4.78 is 5.22. The molecule has 2 N–H and O–H groups in total. The van der Waals surface area contributed by atoms with Crippen LogP contribution in [0, 0.1) is 6.92 Å². The second kappa shape index (κ2) is 8.59. The van der Waals surface area contributed by atoms with E-state index in [1.54, 1.807) is 18.2 Å². The molecule has 0 atom stereocenters. The molecule has 0 aliphatic heterocycles. The number of anilines is 1. The Labute approximate surface area is 190 Å². The van der Waals surface area contributed by atoms with E-state index in [-0.39, 0.29) is 6.61 Å². The Hall–Kier alpha value is -4.45. The molecule has 0 bridgehead atoms. The number of carbonyl (C=O) groups excluding carboxylic acids is 2. The molecule has 4 aromatic carbocycles. The number of nitrogens with one attached hydrogen (secondary N) is 2. The van der Waals surface area contributed by atoms with Crippen LogP contribution in [-0.4, -0.2) is 28.5 Å². The Morgan fingerprint density at radius 3 is 2.52 bits per heavy atom. The van der Waals surface area contributed by atoms with E-state index < -0.39 is 11.9 Å². The van der Waals surface area contributed by atoms with Gasteiger partial charge in [0.1, 0.15) is 5.82 Å². The molecule has 5 rings (SSSR count). The predicted octanol–water partition coefficient (Wildman–Crippen LogP) is 5.49. The zero-order valence-corrected chi connectivity index (χ0v) is 18.0. The fraction of sp³-hybridized carbons (Fsp3) is 0.0741. The van der Waals surface area contributed by atoms with Crippen LogP contribution < -0.4 is 5.32 Å². The number of benzene rings is 4. The molecule has 162 valence electrons. The van der Waals surface area contributed by atoms with Crippen LogP contribution in [0.3, 0.4) is 0 Å². The molecule has 0 unspecified atom stereocenters. The van der Waals surface area contributed by atoms with Gasteiger partial charge in [0.15, 0.2) is 6.61 Å². The van der Waals surface area contributed by atoms with E-state index in [0.29, 0.717) is 11.3 Å². The summed E-state index contributed by atoms with van der Waals surface area (Å²) in [6.07, 6.45) is 0. The number of fused-ring (bicyclic) bond motifs is 2. The molecule has 0 saturated carbocycles. The molecule has 5 aromatic rings. The first-order valence-corrected chi connectivity index (χ1v) is 10.6. The largest absolute Gasteiger partial charge is 0.452 e. The third kappa shape index (κ3) is 4.45. The van der Waals surface area contributed by atoms with E-state index in [0.717, 1.165) is 33.2 Å². The number of aromatic nitrogens is 2. The maximum Gasteiger partial charge on any atom is 0.338 e. The average molecular weight is 435 g/mol. The summed E-state index contributed by atoms with van der Waals surface area (Å²) in [6, 6.07) is 26.6. The lowest BCUT2D eigenvalue weighted by Gasteiger charge is -2.08. The molecule has 0 aliphatic rings. The molecule has 0 radical (unpaired) electrons. The third-order valence-electron chi connectivity index (χ3n) is 5.41. The lowest BCUT2D eigenvalue weighted by atomic mass is 10.1. The van der Waals surface area contributed by atoms with Gasteiger partial charge in [0.05, 0.1) is 16.6 Å². The van der Waals surface area contributed by atoms with Gasteiger partial charge in [0.2, 0.25) is 0 Å². The number of amides is 1. The Bertz CT molecular complexity index is 1490. The van der Waals surface area contributed by atoms with Gasteiger partial charge in [-0.3, -0.25) is 4.79 Å². The summed E-state index contributed by atoms with van der Waals surface area (Å²) in [5, 5.41) is 4.87. The van der Waals surface area contributed by atoms with Crippen molar-refractivity contribution in [2.45, 2.75) is 6.92 Å². The minimum Gasteiger partial charge on any atom is -0.452 e. The second-order valence-electron chi connectivity index (χ2n) is 7.87. The second-order valence-corrected chi connectivity index (χ2v) is 7.87. The van der Waals surface area contributed by atoms with Crippen LogP contribution in [0.4, 0.5) is 5.69 Å². The van der Waals surface area contributed by atoms with Gasteiger partial charge in [-0.25, -0.2) is 9.78 Å².